The Morgan fingerprint density at radius 2 is 0.490 bits per heavy atom. The van der Waals surface area contributed by atoms with Gasteiger partial charge in [-0.15, -0.1) is 45.3 Å². The Morgan fingerprint density at radius 3 is 0.635 bits per heavy atom. The number of rotatable bonds is 24. The lowest BCUT2D eigenvalue weighted by Crippen LogP contribution is -2.34. The van der Waals surface area contributed by atoms with Gasteiger partial charge >= 0.3 is 0 Å². The van der Waals surface area contributed by atoms with Crippen LogP contribution in [-0.2, 0) is 66.5 Å². The van der Waals surface area contributed by atoms with Crippen molar-refractivity contribution in [1.29, 1.82) is 0 Å². The number of amides is 4. The van der Waals surface area contributed by atoms with Gasteiger partial charge in [-0.25, -0.2) is 0 Å². The number of hydrogen-bond acceptors (Lipinski definition) is 16. The Kier molecular flexibility index (Phi) is 22.9. The maximum atomic E-state index is 13.4. The molecule has 0 atom stereocenters. The summed E-state index contributed by atoms with van der Waals surface area (Å²) in [7, 11) is 0. The second-order valence-electron chi connectivity index (χ2n) is 27.8. The molecule has 8 aromatic rings. The summed E-state index contributed by atoms with van der Waals surface area (Å²) in [6.45, 7) is 25.6. The molecule has 0 fully saturated rings. The molecule has 9 rings (SSSR count). The number of hydrogen-bond donors (Lipinski definition) is 4. The van der Waals surface area contributed by atoms with Crippen LogP contribution in [0.1, 0.15) is 189 Å². The number of carbonyl (C=O) groups is 8. The Bertz CT molecular complexity index is 3530. The van der Waals surface area contributed by atoms with Crippen LogP contribution in [0, 0.1) is 0 Å². The van der Waals surface area contributed by atoms with E-state index in [-0.39, 0.29) is 78.3 Å². The van der Waals surface area contributed by atoms with Crippen LogP contribution in [0.2, 0.25) is 0 Å². The molecule has 4 aromatic carbocycles. The van der Waals surface area contributed by atoms with E-state index in [1.54, 1.807) is 70.1 Å². The van der Waals surface area contributed by atoms with E-state index in [0.29, 0.717) is 42.5 Å². The van der Waals surface area contributed by atoms with Crippen molar-refractivity contribution < 1.29 is 57.3 Å². The molecule has 16 nitrogen and oxygen atoms in total. The predicted octanol–water partition coefficient (Wildman–Crippen LogP) is 13.3. The van der Waals surface area contributed by atoms with Crippen molar-refractivity contribution >= 4 is 92.1 Å². The van der Waals surface area contributed by atoms with Gasteiger partial charge in [-0.1, -0.05) is 156 Å². The van der Waals surface area contributed by atoms with Crippen molar-refractivity contribution in [3.63, 3.8) is 0 Å². The third kappa shape index (κ3) is 18.1. The molecule has 0 aliphatic heterocycles. The van der Waals surface area contributed by atoms with E-state index in [1.165, 1.54) is 45.3 Å². The summed E-state index contributed by atoms with van der Waals surface area (Å²) in [5, 5.41) is 18.1. The van der Waals surface area contributed by atoms with Gasteiger partial charge in [0.25, 0.3) is 46.8 Å². The van der Waals surface area contributed by atoms with Crippen molar-refractivity contribution in [2.24, 2.45) is 0 Å². The molecule has 0 saturated heterocycles. The van der Waals surface area contributed by atoms with E-state index in [2.05, 4.69) is 153 Å². The molecule has 1 aliphatic rings. The van der Waals surface area contributed by atoms with Crippen LogP contribution in [0.25, 0.3) is 0 Å². The number of carbonyl (C=O) groups excluding carboxylic acids is 8. The summed E-state index contributed by atoms with van der Waals surface area (Å²) in [6.07, 6.45) is 0.968. The van der Waals surface area contributed by atoms with Crippen LogP contribution in [0.3, 0.4) is 0 Å². The fourth-order valence-electron chi connectivity index (χ4n) is 11.0. The van der Waals surface area contributed by atoms with Crippen LogP contribution in [0.15, 0.2) is 119 Å². The summed E-state index contributed by atoms with van der Waals surface area (Å²) in [5.74, 6) is -3.47. The number of ether oxygens (including phenoxy) is 4. The Morgan fingerprint density at radius 1 is 0.312 bits per heavy atom. The molecule has 4 N–H and O–H groups in total. The van der Waals surface area contributed by atoms with Gasteiger partial charge in [-0.3, -0.25) is 38.4 Å². The fourth-order valence-corrected chi connectivity index (χ4v) is 13.7. The molecule has 0 saturated carbocycles. The Balaban J connectivity index is 1.26. The van der Waals surface area contributed by atoms with Crippen LogP contribution in [0.5, 0.6) is 23.0 Å². The van der Waals surface area contributed by atoms with E-state index in [4.69, 9.17) is 18.9 Å². The maximum absolute atomic E-state index is 13.4. The Labute approximate surface area is 577 Å². The van der Waals surface area contributed by atoms with E-state index in [0.717, 1.165) is 66.8 Å². The molecular weight excluding hydrogens is 1290 g/mol. The van der Waals surface area contributed by atoms with Crippen molar-refractivity contribution in [2.45, 2.75) is 130 Å². The summed E-state index contributed by atoms with van der Waals surface area (Å²) in [4.78, 5) is 108. The fraction of sp³-hybridized carbons (Fsp3) is 0.368. The second-order valence-corrected chi connectivity index (χ2v) is 31.6. The highest BCUT2D eigenvalue weighted by molar-refractivity contribution is 7.14. The average molecular weight is 1370 g/mol. The van der Waals surface area contributed by atoms with Crippen LogP contribution >= 0.6 is 45.3 Å². The normalized spacial score (nSPS) is 12.5. The standard InChI is InChI=1S/C76H84N4O12S4/c1-73(2,3)53-37-45-33-47-39-54(74(4,5)6)41-49(66(47)90-26-22-78-70(86)62(82)58-18-14-30-94-58)35-51-43-56(76(10,11)12)44-52(68(51)92-28-24-80-72(88)64(84)60-20-16-32-96-60)36-50-42-55(75(7,8)9)40-48(67(50)91-27-23-79-71(87)63(83)59-19-15-31-95-59)34-46(38-53)65(45)89-25-21-77-69(85)61(81)57-17-13-29-93-57/h13-20,29-32,37-44H,21-28,33-36H2,1-12H3,(H,77,85)(H,78,86)(H,79,87)(H,80,88). The molecule has 0 unspecified atom stereocenters. The number of thiophene rings is 4. The van der Waals surface area contributed by atoms with Gasteiger partial charge in [0.15, 0.2) is 0 Å². The van der Waals surface area contributed by atoms with Crippen LogP contribution in [0.4, 0.5) is 0 Å². The van der Waals surface area contributed by atoms with Crippen molar-refractivity contribution in [3.05, 3.63) is 205 Å². The van der Waals surface area contributed by atoms with Crippen molar-refractivity contribution in [1.82, 2.24) is 21.3 Å². The lowest BCUT2D eigenvalue weighted by Gasteiger charge is -2.29. The summed E-state index contributed by atoms with van der Waals surface area (Å²) < 4.78 is 28.2. The zero-order valence-electron chi connectivity index (χ0n) is 56.6. The minimum atomic E-state index is -0.757. The number of benzene rings is 4. The smallest absolute Gasteiger partial charge is 0.293 e. The predicted molar refractivity (Wildman–Crippen MR) is 380 cm³/mol. The molecular formula is C76H84N4O12S4. The quantitative estimate of drug-likeness (QED) is 0.0252. The minimum Gasteiger partial charge on any atom is -0.491 e. The zero-order valence-corrected chi connectivity index (χ0v) is 59.8. The first kappa shape index (κ1) is 71.7. The van der Waals surface area contributed by atoms with Gasteiger partial charge in [-0.2, -0.15) is 0 Å². The minimum absolute atomic E-state index is 0.00829. The van der Waals surface area contributed by atoms with E-state index >= 15 is 0 Å². The van der Waals surface area contributed by atoms with Crippen molar-refractivity contribution in [2.75, 3.05) is 52.6 Å². The van der Waals surface area contributed by atoms with E-state index in [9.17, 15) is 38.4 Å². The number of ketones is 4. The van der Waals surface area contributed by atoms with Crippen LogP contribution in [-0.4, -0.2) is 99.4 Å². The monoisotopic (exact) mass is 1370 g/mol. The lowest BCUT2D eigenvalue weighted by molar-refractivity contribution is -0.117. The highest BCUT2D eigenvalue weighted by atomic mass is 32.1. The molecule has 0 radical (unpaired) electrons. The van der Waals surface area contributed by atoms with Crippen molar-refractivity contribution in [3.8, 4) is 23.0 Å². The highest BCUT2D eigenvalue weighted by Crippen LogP contribution is 2.45. The van der Waals surface area contributed by atoms with Gasteiger partial charge in [-0.05, 0) is 134 Å². The molecule has 4 amide bonds. The molecule has 4 heterocycles. The van der Waals surface area contributed by atoms with Gasteiger partial charge in [0, 0.05) is 25.7 Å². The van der Waals surface area contributed by atoms with Gasteiger partial charge in [0.2, 0.25) is 0 Å². The summed E-state index contributed by atoms with van der Waals surface area (Å²) >= 11 is 4.74. The zero-order chi connectivity index (χ0) is 69.3. The van der Waals surface area contributed by atoms with Gasteiger partial charge in [0.1, 0.15) is 49.4 Å². The number of fused-ring (bicyclic) bond motifs is 8. The van der Waals surface area contributed by atoms with E-state index in [1.807, 2.05) is 0 Å². The molecule has 4 aromatic heterocycles. The highest BCUT2D eigenvalue weighted by Gasteiger charge is 2.31. The molecule has 8 bridgehead atoms. The average Bonchev–Trinajstić information content (AvgIpc) is 1.70. The van der Waals surface area contributed by atoms with Crippen LogP contribution < -0.4 is 40.2 Å². The number of Topliss-reactive ketones (excluding diaryl/α,β-unsaturated/α-hetero) is 4. The maximum Gasteiger partial charge on any atom is 0.293 e. The summed E-state index contributed by atoms with van der Waals surface area (Å²) in [6, 6.07) is 30.5. The first-order valence-corrected chi connectivity index (χ1v) is 35.6. The molecule has 1 aliphatic carbocycles. The van der Waals surface area contributed by atoms with E-state index < -0.39 is 68.4 Å². The topological polar surface area (TPSA) is 222 Å². The number of nitrogens with one attached hydrogen (secondary N) is 4. The third-order valence-corrected chi connectivity index (χ3v) is 19.8. The van der Waals surface area contributed by atoms with Gasteiger partial charge < -0.3 is 40.2 Å². The molecule has 0 spiro atoms. The summed E-state index contributed by atoms with van der Waals surface area (Å²) in [5.41, 5.74) is 8.61. The first-order chi connectivity index (χ1) is 45.4. The van der Waals surface area contributed by atoms with Gasteiger partial charge in [0.05, 0.1) is 45.7 Å². The molecule has 96 heavy (non-hydrogen) atoms. The second kappa shape index (κ2) is 30.7. The molecule has 20 heteroatoms. The lowest BCUT2D eigenvalue weighted by atomic mass is 9.79. The SMILES string of the molecule is CC(C)(C)c1cc2c(OCCNC(=O)C(=O)c3cccs3)c(c1)Cc1cc(C(C)(C)C)cc(c1OCCNC(=O)C(=O)c1cccs1)Cc1cc(C(C)(C)C)cc(c1OCCNC(=O)C(=O)c1cccs1)Cc1cc(C(C)(C)C)cc(c1OCCNC(=O)C(=O)c1cccs1)C2. The first-order valence-electron chi connectivity index (χ1n) is 32.0. The molecule has 504 valence electrons. The Hall–Kier alpha value is -8.56. The largest absolute Gasteiger partial charge is 0.491 e. The third-order valence-electron chi connectivity index (χ3n) is 16.3.